The Balaban J connectivity index is 1.66. The summed E-state index contributed by atoms with van der Waals surface area (Å²) in [6.45, 7) is 0. The number of para-hydroxylation sites is 1. The Hall–Kier alpha value is -2.54. The van der Waals surface area contributed by atoms with Crippen molar-refractivity contribution in [3.63, 3.8) is 0 Å². The molecule has 28 heavy (non-hydrogen) atoms. The van der Waals surface area contributed by atoms with Crippen LogP contribution in [0.5, 0.6) is 0 Å². The maximum Gasteiger partial charge on any atom is 0.261 e. The maximum atomic E-state index is 12.5. The highest BCUT2D eigenvalue weighted by Gasteiger charge is 2.16. The van der Waals surface area contributed by atoms with Crippen molar-refractivity contribution in [3.05, 3.63) is 88.4 Å². The van der Waals surface area contributed by atoms with Gasteiger partial charge < -0.3 is 5.32 Å². The number of rotatable bonds is 6. The highest BCUT2D eigenvalue weighted by Crippen LogP contribution is 2.24. The first-order valence-electron chi connectivity index (χ1n) is 8.24. The number of nitrogens with one attached hydrogen (secondary N) is 2. The molecule has 1 amide bonds. The molecule has 0 unspecified atom stereocenters. The van der Waals surface area contributed by atoms with Crippen LogP contribution in [0.25, 0.3) is 0 Å². The summed E-state index contributed by atoms with van der Waals surface area (Å²) in [6, 6.07) is 19.8. The van der Waals surface area contributed by atoms with Crippen LogP contribution < -0.4 is 10.0 Å². The average molecular weight is 435 g/mol. The van der Waals surface area contributed by atoms with Crippen molar-refractivity contribution in [3.8, 4) is 0 Å². The van der Waals surface area contributed by atoms with Gasteiger partial charge in [-0.25, -0.2) is 8.42 Å². The lowest BCUT2D eigenvalue weighted by atomic mass is 10.1. The first kappa shape index (κ1) is 20.2. The summed E-state index contributed by atoms with van der Waals surface area (Å²) in [5.74, 6) is -0.159. The van der Waals surface area contributed by atoms with E-state index in [1.54, 1.807) is 36.4 Å². The summed E-state index contributed by atoms with van der Waals surface area (Å²) >= 11 is 11.7. The normalized spacial score (nSPS) is 11.1. The highest BCUT2D eigenvalue weighted by molar-refractivity contribution is 7.92. The zero-order valence-corrected chi connectivity index (χ0v) is 16.9. The zero-order valence-electron chi connectivity index (χ0n) is 14.5. The third-order valence-electron chi connectivity index (χ3n) is 3.77. The molecule has 2 N–H and O–H groups in total. The second kappa shape index (κ2) is 8.65. The number of amides is 1. The fraction of sp³-hybridized carbons (Fsp3) is 0.0500. The molecule has 8 heteroatoms. The van der Waals surface area contributed by atoms with Crippen LogP contribution in [0.1, 0.15) is 5.56 Å². The van der Waals surface area contributed by atoms with Gasteiger partial charge >= 0.3 is 0 Å². The molecule has 0 aliphatic rings. The van der Waals surface area contributed by atoms with Crippen LogP contribution in [0, 0.1) is 0 Å². The number of carbonyl (C=O) groups excluding carboxylic acids is 1. The molecule has 0 spiro atoms. The quantitative estimate of drug-likeness (QED) is 0.574. The Labute approximate surface area is 173 Å². The van der Waals surface area contributed by atoms with Crippen molar-refractivity contribution in [1.29, 1.82) is 0 Å². The van der Waals surface area contributed by atoms with Crippen molar-refractivity contribution in [2.45, 2.75) is 11.3 Å². The Morgan fingerprint density at radius 2 is 1.43 bits per heavy atom. The maximum absolute atomic E-state index is 12.5. The van der Waals surface area contributed by atoms with E-state index in [2.05, 4.69) is 10.0 Å². The lowest BCUT2D eigenvalue weighted by molar-refractivity contribution is -0.115. The summed E-state index contributed by atoms with van der Waals surface area (Å²) in [5, 5.41) is 3.26. The Morgan fingerprint density at radius 3 is 2.04 bits per heavy atom. The molecule has 5 nitrogen and oxygen atoms in total. The SMILES string of the molecule is O=C(Cc1ccc(NS(=O)(=O)c2cc(Cl)cc(Cl)c2)cc1)Nc1ccccc1. The molecule has 0 fully saturated rings. The van der Waals surface area contributed by atoms with E-state index >= 15 is 0 Å². The van der Waals surface area contributed by atoms with Gasteiger partial charge in [0.15, 0.2) is 0 Å². The molecule has 0 aliphatic heterocycles. The first-order chi connectivity index (χ1) is 13.3. The van der Waals surface area contributed by atoms with Crippen LogP contribution >= 0.6 is 23.2 Å². The molecule has 3 aromatic carbocycles. The lowest BCUT2D eigenvalue weighted by Crippen LogP contribution is -2.15. The predicted octanol–water partition coefficient (Wildman–Crippen LogP) is 4.98. The van der Waals surface area contributed by atoms with Gasteiger partial charge in [0, 0.05) is 21.4 Å². The second-order valence-corrected chi connectivity index (χ2v) is 8.55. The van der Waals surface area contributed by atoms with Gasteiger partial charge in [0.1, 0.15) is 0 Å². The average Bonchev–Trinajstić information content (AvgIpc) is 2.63. The van der Waals surface area contributed by atoms with Gasteiger partial charge in [-0.15, -0.1) is 0 Å². The van der Waals surface area contributed by atoms with Crippen LogP contribution in [0.4, 0.5) is 11.4 Å². The van der Waals surface area contributed by atoms with Gasteiger partial charge in [0.05, 0.1) is 11.3 Å². The van der Waals surface area contributed by atoms with Gasteiger partial charge in [-0.05, 0) is 48.0 Å². The first-order valence-corrected chi connectivity index (χ1v) is 10.5. The van der Waals surface area contributed by atoms with Crippen LogP contribution in [0.3, 0.4) is 0 Å². The van der Waals surface area contributed by atoms with E-state index < -0.39 is 10.0 Å². The number of hydrogen-bond acceptors (Lipinski definition) is 3. The van der Waals surface area contributed by atoms with Crippen LogP contribution in [-0.2, 0) is 21.2 Å². The molecule has 0 bridgehead atoms. The van der Waals surface area contributed by atoms with Gasteiger partial charge in [-0.2, -0.15) is 0 Å². The molecule has 3 aromatic rings. The highest BCUT2D eigenvalue weighted by atomic mass is 35.5. The lowest BCUT2D eigenvalue weighted by Gasteiger charge is -2.10. The van der Waals surface area contributed by atoms with Gasteiger partial charge in [0.2, 0.25) is 5.91 Å². The minimum absolute atomic E-state index is 0.0312. The van der Waals surface area contributed by atoms with Crippen molar-refractivity contribution >= 4 is 50.5 Å². The van der Waals surface area contributed by atoms with E-state index in [1.807, 2.05) is 18.2 Å². The minimum Gasteiger partial charge on any atom is -0.326 e. The number of halogens is 2. The predicted molar refractivity (Wildman–Crippen MR) is 112 cm³/mol. The molecular formula is C20H16Cl2N2O3S. The summed E-state index contributed by atoms with van der Waals surface area (Å²) in [5.41, 5.74) is 1.84. The van der Waals surface area contributed by atoms with E-state index in [0.717, 1.165) is 11.3 Å². The van der Waals surface area contributed by atoms with E-state index in [-0.39, 0.29) is 27.3 Å². The van der Waals surface area contributed by atoms with Crippen LogP contribution in [0.15, 0.2) is 77.7 Å². The fourth-order valence-corrected chi connectivity index (χ4v) is 4.28. The molecule has 0 aromatic heterocycles. The number of benzene rings is 3. The van der Waals surface area contributed by atoms with Gasteiger partial charge in [0.25, 0.3) is 10.0 Å². The summed E-state index contributed by atoms with van der Waals surface area (Å²) in [4.78, 5) is 12.1. The van der Waals surface area contributed by atoms with E-state index in [1.165, 1.54) is 18.2 Å². The Morgan fingerprint density at radius 1 is 0.821 bits per heavy atom. The van der Waals surface area contributed by atoms with Gasteiger partial charge in [-0.1, -0.05) is 53.5 Å². The van der Waals surface area contributed by atoms with Crippen molar-refractivity contribution in [2.24, 2.45) is 0 Å². The second-order valence-electron chi connectivity index (χ2n) is 6.00. The van der Waals surface area contributed by atoms with Crippen LogP contribution in [0.2, 0.25) is 10.0 Å². The molecule has 0 atom stereocenters. The third-order valence-corrected chi connectivity index (χ3v) is 5.57. The molecule has 3 rings (SSSR count). The number of anilines is 2. The van der Waals surface area contributed by atoms with Gasteiger partial charge in [-0.3, -0.25) is 9.52 Å². The molecule has 0 saturated carbocycles. The van der Waals surface area contributed by atoms with Crippen molar-refractivity contribution in [1.82, 2.24) is 0 Å². The number of sulfonamides is 1. The van der Waals surface area contributed by atoms with Crippen molar-refractivity contribution < 1.29 is 13.2 Å². The largest absolute Gasteiger partial charge is 0.326 e. The molecule has 0 heterocycles. The summed E-state index contributed by atoms with van der Waals surface area (Å²) < 4.78 is 27.4. The van der Waals surface area contributed by atoms with Crippen LogP contribution in [-0.4, -0.2) is 14.3 Å². The van der Waals surface area contributed by atoms with E-state index in [4.69, 9.17) is 23.2 Å². The Kier molecular flexibility index (Phi) is 6.24. The molecule has 0 aliphatic carbocycles. The molecular weight excluding hydrogens is 419 g/mol. The smallest absolute Gasteiger partial charge is 0.261 e. The third kappa shape index (κ3) is 5.48. The Bertz CT molecular complexity index is 1070. The summed E-state index contributed by atoms with van der Waals surface area (Å²) in [7, 11) is -3.83. The van der Waals surface area contributed by atoms with E-state index in [0.29, 0.717) is 5.69 Å². The number of carbonyl (C=O) groups is 1. The fourth-order valence-electron chi connectivity index (χ4n) is 2.50. The monoisotopic (exact) mass is 434 g/mol. The van der Waals surface area contributed by atoms with E-state index in [9.17, 15) is 13.2 Å². The summed E-state index contributed by atoms with van der Waals surface area (Å²) in [6.07, 6.45) is 0.172. The van der Waals surface area contributed by atoms with Crippen molar-refractivity contribution in [2.75, 3.05) is 10.0 Å². The topological polar surface area (TPSA) is 75.3 Å². The molecule has 0 radical (unpaired) electrons. The molecule has 0 saturated heterocycles. The number of hydrogen-bond donors (Lipinski definition) is 2. The standard InChI is InChI=1S/C20H16Cl2N2O3S/c21-15-11-16(22)13-19(12-15)28(26,27)24-18-8-6-14(7-9-18)10-20(25)23-17-4-2-1-3-5-17/h1-9,11-13,24H,10H2,(H,23,25). The zero-order chi connectivity index (χ0) is 20.1. The minimum atomic E-state index is -3.83. The molecule has 144 valence electrons.